The number of ether oxygens (including phenoxy) is 3. The van der Waals surface area contributed by atoms with Crippen LogP contribution in [0.3, 0.4) is 0 Å². The molecule has 0 unspecified atom stereocenters. The topological polar surface area (TPSA) is 85.9 Å². The molecule has 0 aliphatic rings. The number of para-hydroxylation sites is 1. The number of benzene rings is 3. The molecule has 0 aliphatic heterocycles. The molecule has 0 bridgehead atoms. The van der Waals surface area contributed by atoms with E-state index in [1.54, 1.807) is 49.4 Å². The van der Waals surface area contributed by atoms with Gasteiger partial charge in [0.15, 0.2) is 11.5 Å². The Balaban J connectivity index is 1.62. The van der Waals surface area contributed by atoms with Gasteiger partial charge in [0.1, 0.15) is 19.0 Å². The number of nitrogens with one attached hydrogen (secondary N) is 2. The van der Waals surface area contributed by atoms with Gasteiger partial charge in [-0.3, -0.25) is 9.59 Å². The lowest BCUT2D eigenvalue weighted by Gasteiger charge is -2.14. The average molecular weight is 449 g/mol. The minimum absolute atomic E-state index is 0.0930. The zero-order valence-electron chi connectivity index (χ0n) is 18.8. The zero-order valence-corrected chi connectivity index (χ0v) is 18.8. The summed E-state index contributed by atoms with van der Waals surface area (Å²) in [5, 5.41) is 5.62. The summed E-state index contributed by atoms with van der Waals surface area (Å²) in [7, 11) is 0. The summed E-state index contributed by atoms with van der Waals surface area (Å²) in [6.07, 6.45) is 0.379. The summed E-state index contributed by atoms with van der Waals surface area (Å²) in [6.45, 7) is 4.78. The first-order valence-electron chi connectivity index (χ1n) is 10.9. The molecule has 2 amide bonds. The molecule has 2 N–H and O–H groups in total. The minimum Gasteiger partial charge on any atom is -0.490 e. The van der Waals surface area contributed by atoms with Gasteiger partial charge in [0, 0.05) is 23.4 Å². The van der Waals surface area contributed by atoms with Gasteiger partial charge >= 0.3 is 0 Å². The van der Waals surface area contributed by atoms with Gasteiger partial charge < -0.3 is 24.8 Å². The van der Waals surface area contributed by atoms with Gasteiger partial charge in [-0.2, -0.15) is 0 Å². The number of hydrogen-bond acceptors (Lipinski definition) is 5. The maximum atomic E-state index is 12.8. The third kappa shape index (κ3) is 7.28. The van der Waals surface area contributed by atoms with E-state index in [2.05, 4.69) is 10.6 Å². The van der Waals surface area contributed by atoms with E-state index in [-0.39, 0.29) is 11.8 Å². The van der Waals surface area contributed by atoms with Crippen molar-refractivity contribution in [2.75, 3.05) is 30.5 Å². The first kappa shape index (κ1) is 23.7. The molecule has 7 nitrogen and oxygen atoms in total. The fraction of sp³-hybridized carbons (Fsp3) is 0.231. The van der Waals surface area contributed by atoms with Crippen LogP contribution in [0.5, 0.6) is 17.2 Å². The Kier molecular flexibility index (Phi) is 8.71. The van der Waals surface area contributed by atoms with Gasteiger partial charge in [-0.05, 0) is 55.5 Å². The smallest absolute Gasteiger partial charge is 0.255 e. The van der Waals surface area contributed by atoms with Crippen molar-refractivity contribution in [3.8, 4) is 17.2 Å². The Bertz CT molecular complexity index is 1070. The fourth-order valence-electron chi connectivity index (χ4n) is 2.99. The van der Waals surface area contributed by atoms with E-state index in [9.17, 15) is 9.59 Å². The molecular formula is C26H28N2O5. The normalized spacial score (nSPS) is 10.2. The van der Waals surface area contributed by atoms with Crippen molar-refractivity contribution in [2.45, 2.75) is 20.3 Å². The first-order chi connectivity index (χ1) is 16.1. The Hall–Kier alpha value is -4.00. The van der Waals surface area contributed by atoms with Crippen LogP contribution in [-0.4, -0.2) is 31.6 Å². The van der Waals surface area contributed by atoms with Gasteiger partial charge in [0.25, 0.3) is 5.91 Å². The Morgan fingerprint density at radius 1 is 0.727 bits per heavy atom. The van der Waals surface area contributed by atoms with E-state index in [0.717, 1.165) is 5.75 Å². The van der Waals surface area contributed by atoms with Gasteiger partial charge in [0.2, 0.25) is 5.91 Å². The standard InChI is InChI=1S/C26H28N2O5/c1-3-25(29)27-20-9-8-10-21(18-20)28-26(30)19-13-14-23(24(17-19)31-4-2)33-16-15-32-22-11-6-5-7-12-22/h5-14,17-18H,3-4,15-16H2,1-2H3,(H,27,29)(H,28,30). The van der Waals surface area contributed by atoms with Crippen molar-refractivity contribution >= 4 is 23.2 Å². The van der Waals surface area contributed by atoms with Crippen molar-refractivity contribution in [2.24, 2.45) is 0 Å². The number of carbonyl (C=O) groups is 2. The van der Waals surface area contributed by atoms with Crippen molar-refractivity contribution in [3.05, 3.63) is 78.4 Å². The van der Waals surface area contributed by atoms with E-state index < -0.39 is 0 Å². The van der Waals surface area contributed by atoms with Gasteiger partial charge in [-0.25, -0.2) is 0 Å². The summed E-state index contributed by atoms with van der Waals surface area (Å²) >= 11 is 0. The Labute approximate surface area is 193 Å². The van der Waals surface area contributed by atoms with E-state index in [0.29, 0.717) is 54.7 Å². The minimum atomic E-state index is -0.297. The lowest BCUT2D eigenvalue weighted by molar-refractivity contribution is -0.115. The zero-order chi connectivity index (χ0) is 23.5. The van der Waals surface area contributed by atoms with Crippen LogP contribution in [0.2, 0.25) is 0 Å². The third-order valence-electron chi connectivity index (χ3n) is 4.58. The summed E-state index contributed by atoms with van der Waals surface area (Å²) in [6, 6.07) is 21.5. The second kappa shape index (κ2) is 12.1. The van der Waals surface area contributed by atoms with Crippen LogP contribution in [0.25, 0.3) is 0 Å². The van der Waals surface area contributed by atoms with Crippen molar-refractivity contribution < 1.29 is 23.8 Å². The van der Waals surface area contributed by atoms with Crippen LogP contribution in [0.4, 0.5) is 11.4 Å². The molecular weight excluding hydrogens is 420 g/mol. The summed E-state index contributed by atoms with van der Waals surface area (Å²) < 4.78 is 17.1. The molecule has 0 fully saturated rings. The second-order valence-electron chi connectivity index (χ2n) is 7.04. The van der Waals surface area contributed by atoms with Crippen LogP contribution in [0.1, 0.15) is 30.6 Å². The lowest BCUT2D eigenvalue weighted by Crippen LogP contribution is -2.14. The Morgan fingerprint density at radius 3 is 2.18 bits per heavy atom. The molecule has 3 rings (SSSR count). The van der Waals surface area contributed by atoms with Gasteiger partial charge in [-0.15, -0.1) is 0 Å². The number of carbonyl (C=O) groups excluding carboxylic acids is 2. The lowest BCUT2D eigenvalue weighted by atomic mass is 10.1. The highest BCUT2D eigenvalue weighted by Gasteiger charge is 2.13. The van der Waals surface area contributed by atoms with Gasteiger partial charge in [0.05, 0.1) is 6.61 Å². The summed E-state index contributed by atoms with van der Waals surface area (Å²) in [4.78, 5) is 24.4. The SMILES string of the molecule is CCOc1cc(C(=O)Nc2cccc(NC(=O)CC)c2)ccc1OCCOc1ccccc1. The maximum Gasteiger partial charge on any atom is 0.255 e. The number of amides is 2. The third-order valence-corrected chi connectivity index (χ3v) is 4.58. The largest absolute Gasteiger partial charge is 0.490 e. The molecule has 0 heterocycles. The molecule has 0 saturated heterocycles. The molecule has 0 radical (unpaired) electrons. The predicted molar refractivity (Wildman–Crippen MR) is 128 cm³/mol. The molecule has 33 heavy (non-hydrogen) atoms. The van der Waals surface area contributed by atoms with Crippen LogP contribution in [0, 0.1) is 0 Å². The molecule has 3 aromatic rings. The quantitative estimate of drug-likeness (QED) is 0.397. The molecule has 0 atom stereocenters. The number of hydrogen-bond donors (Lipinski definition) is 2. The molecule has 0 aromatic heterocycles. The Morgan fingerprint density at radius 2 is 1.45 bits per heavy atom. The molecule has 0 saturated carbocycles. The molecule has 172 valence electrons. The van der Waals surface area contributed by atoms with Gasteiger partial charge in [-0.1, -0.05) is 31.2 Å². The van der Waals surface area contributed by atoms with Crippen LogP contribution in [-0.2, 0) is 4.79 Å². The van der Waals surface area contributed by atoms with E-state index in [4.69, 9.17) is 14.2 Å². The summed E-state index contributed by atoms with van der Waals surface area (Å²) in [5.41, 5.74) is 1.62. The molecule has 0 spiro atoms. The summed E-state index contributed by atoms with van der Waals surface area (Å²) in [5.74, 6) is 1.40. The van der Waals surface area contributed by atoms with E-state index >= 15 is 0 Å². The first-order valence-corrected chi connectivity index (χ1v) is 10.9. The predicted octanol–water partition coefficient (Wildman–Crippen LogP) is 5.14. The van der Waals surface area contributed by atoms with E-state index in [1.807, 2.05) is 37.3 Å². The molecule has 7 heteroatoms. The molecule has 0 aliphatic carbocycles. The monoisotopic (exact) mass is 448 g/mol. The maximum absolute atomic E-state index is 12.8. The fourth-order valence-corrected chi connectivity index (χ4v) is 2.99. The highest BCUT2D eigenvalue weighted by molar-refractivity contribution is 6.05. The van der Waals surface area contributed by atoms with Crippen molar-refractivity contribution in [3.63, 3.8) is 0 Å². The van der Waals surface area contributed by atoms with Crippen molar-refractivity contribution in [1.29, 1.82) is 0 Å². The highest BCUT2D eigenvalue weighted by atomic mass is 16.5. The number of rotatable bonds is 11. The average Bonchev–Trinajstić information content (AvgIpc) is 2.83. The van der Waals surface area contributed by atoms with Crippen LogP contribution < -0.4 is 24.8 Å². The highest BCUT2D eigenvalue weighted by Crippen LogP contribution is 2.29. The van der Waals surface area contributed by atoms with Crippen LogP contribution >= 0.6 is 0 Å². The second-order valence-corrected chi connectivity index (χ2v) is 7.04. The molecule has 3 aromatic carbocycles. The van der Waals surface area contributed by atoms with Crippen molar-refractivity contribution in [1.82, 2.24) is 0 Å². The van der Waals surface area contributed by atoms with E-state index in [1.165, 1.54) is 0 Å². The van der Waals surface area contributed by atoms with Crippen LogP contribution in [0.15, 0.2) is 72.8 Å². The number of anilines is 2.